The van der Waals surface area contributed by atoms with Crippen LogP contribution in [0.2, 0.25) is 10.0 Å². The van der Waals surface area contributed by atoms with Gasteiger partial charge in [-0.05, 0) is 57.7 Å². The van der Waals surface area contributed by atoms with Crippen LogP contribution < -0.4 is 0 Å². The molecule has 4 aromatic rings. The van der Waals surface area contributed by atoms with Crippen molar-refractivity contribution in [3.05, 3.63) is 141 Å². The van der Waals surface area contributed by atoms with E-state index in [9.17, 15) is 9.59 Å². The van der Waals surface area contributed by atoms with Crippen LogP contribution in [0.3, 0.4) is 0 Å². The summed E-state index contributed by atoms with van der Waals surface area (Å²) >= 11 is 12.6. The summed E-state index contributed by atoms with van der Waals surface area (Å²) in [4.78, 5) is 42.6. The molecule has 2 aliphatic carbocycles. The predicted molar refractivity (Wildman–Crippen MR) is 149 cm³/mol. The molecule has 1 aliphatic heterocycles. The molecule has 7 rings (SSSR count). The molecule has 1 heterocycles. The van der Waals surface area contributed by atoms with E-state index in [0.717, 1.165) is 11.1 Å². The average Bonchev–Trinajstić information content (AvgIpc) is 3.49. The van der Waals surface area contributed by atoms with Crippen molar-refractivity contribution in [3.8, 4) is 0 Å². The number of fused-ring (bicyclic) bond motifs is 5. The van der Waals surface area contributed by atoms with Crippen LogP contribution in [0.25, 0.3) is 11.1 Å². The van der Waals surface area contributed by atoms with E-state index < -0.39 is 34.6 Å². The number of Topliss-reactive ketones (excluding diaryl/α,β-unsaturated/α-hetero) is 1. The number of hydrogen-bond acceptors (Lipinski definition) is 4. The van der Waals surface area contributed by atoms with Crippen LogP contribution >= 0.6 is 23.2 Å². The van der Waals surface area contributed by atoms with Crippen molar-refractivity contribution >= 4 is 52.1 Å². The molecule has 0 amide bonds. The highest BCUT2D eigenvalue weighted by molar-refractivity contribution is 6.35. The molecular weight excluding hydrogens is 531 g/mol. The second-order valence-electron chi connectivity index (χ2n) is 10.1. The van der Waals surface area contributed by atoms with Crippen LogP contribution in [0, 0.1) is 11.8 Å². The van der Waals surface area contributed by atoms with Gasteiger partial charge in [0.25, 0.3) is 0 Å². The fourth-order valence-electron chi connectivity index (χ4n) is 7.17. The predicted octanol–water partition coefficient (Wildman–Crippen LogP) is 6.69. The average molecular weight is 551 g/mol. The summed E-state index contributed by atoms with van der Waals surface area (Å²) in [6, 6.07) is 33.1. The minimum Gasteiger partial charge on any atom is -0.393 e. The Kier molecular flexibility index (Phi) is 5.25. The second-order valence-corrected chi connectivity index (χ2v) is 11.0. The molecule has 6 heteroatoms. The van der Waals surface area contributed by atoms with Crippen molar-refractivity contribution in [2.45, 2.75) is 10.8 Å². The molecule has 0 spiro atoms. The number of carbonyl (C=O) groups is 3. The summed E-state index contributed by atoms with van der Waals surface area (Å²) in [7, 11) is 0. The molecule has 1 saturated carbocycles. The van der Waals surface area contributed by atoms with E-state index in [1.54, 1.807) is 48.5 Å². The number of esters is 2. The van der Waals surface area contributed by atoms with Crippen LogP contribution in [-0.2, 0) is 30.0 Å². The zero-order valence-corrected chi connectivity index (χ0v) is 21.9. The van der Waals surface area contributed by atoms with Crippen LogP contribution in [-0.4, -0.2) is 17.7 Å². The highest BCUT2D eigenvalue weighted by Crippen LogP contribution is 2.74. The molecule has 4 atom stereocenters. The minimum atomic E-state index is -1.48. The SMILES string of the molecule is O=C1OC(=O)[C@H]2[C@H]1[C@]1(c3ccc(Cl)cc3)C(=O)[C@]2(c2ccc(Cl)cc2)C(c2ccccc2)=C1c1ccccc1. The Labute approximate surface area is 234 Å². The van der Waals surface area contributed by atoms with Gasteiger partial charge >= 0.3 is 11.9 Å². The van der Waals surface area contributed by atoms with Crippen LogP contribution in [0.5, 0.6) is 0 Å². The fraction of sp³-hybridized carbons (Fsp3) is 0.121. The van der Waals surface area contributed by atoms with Gasteiger partial charge in [-0.3, -0.25) is 14.4 Å². The first-order valence-corrected chi connectivity index (χ1v) is 13.4. The van der Waals surface area contributed by atoms with Crippen molar-refractivity contribution in [3.63, 3.8) is 0 Å². The smallest absolute Gasteiger partial charge is 0.319 e. The number of halogens is 2. The molecule has 4 aromatic carbocycles. The lowest BCUT2D eigenvalue weighted by atomic mass is 9.59. The Bertz CT molecular complexity index is 1570. The molecule has 1 saturated heterocycles. The van der Waals surface area contributed by atoms with Crippen molar-refractivity contribution in [2.75, 3.05) is 0 Å². The lowest BCUT2D eigenvalue weighted by Crippen LogP contribution is -2.41. The van der Waals surface area contributed by atoms with Gasteiger partial charge in [0.05, 0.1) is 22.7 Å². The van der Waals surface area contributed by atoms with E-state index in [-0.39, 0.29) is 5.78 Å². The van der Waals surface area contributed by atoms with Gasteiger partial charge < -0.3 is 4.74 Å². The standard InChI is InChI=1S/C33H20Cl2O4/c34-23-15-11-21(12-16-23)32-25(19-7-3-1-4-8-19)26(20-9-5-2-6-10-20)33(31(32)38,22-13-17-24(35)18-14-22)28-27(32)29(36)39-30(28)37/h1-18,27-28H/t27-,28-,32-,33-/m1/s1. The van der Waals surface area contributed by atoms with Gasteiger partial charge in [0.15, 0.2) is 5.78 Å². The third-order valence-corrected chi connectivity index (χ3v) is 8.96. The van der Waals surface area contributed by atoms with E-state index in [1.165, 1.54) is 0 Å². The summed E-state index contributed by atoms with van der Waals surface area (Å²) in [6.45, 7) is 0. The lowest BCUT2D eigenvalue weighted by Gasteiger charge is -2.38. The molecule has 190 valence electrons. The summed E-state index contributed by atoms with van der Waals surface area (Å²) in [5.41, 5.74) is 1.21. The quantitative estimate of drug-likeness (QED) is 0.210. The summed E-state index contributed by atoms with van der Waals surface area (Å²) in [5, 5.41) is 0.996. The zero-order valence-electron chi connectivity index (χ0n) is 20.4. The first-order chi connectivity index (χ1) is 18.9. The van der Waals surface area contributed by atoms with Gasteiger partial charge in [0.2, 0.25) is 0 Å². The molecule has 0 N–H and O–H groups in total. The number of benzene rings is 4. The summed E-state index contributed by atoms with van der Waals surface area (Å²) in [5.74, 6) is -3.69. The topological polar surface area (TPSA) is 60.4 Å². The van der Waals surface area contributed by atoms with E-state index >= 15 is 4.79 Å². The monoisotopic (exact) mass is 550 g/mol. The molecule has 0 unspecified atom stereocenters. The highest BCUT2D eigenvalue weighted by atomic mass is 35.5. The highest BCUT2D eigenvalue weighted by Gasteiger charge is 2.82. The second kappa shape index (κ2) is 8.51. The van der Waals surface area contributed by atoms with E-state index in [1.807, 2.05) is 60.7 Å². The van der Waals surface area contributed by atoms with Crippen LogP contribution in [0.15, 0.2) is 109 Å². The molecule has 0 radical (unpaired) electrons. The first kappa shape index (κ1) is 24.1. The number of allylic oxidation sites excluding steroid dienone is 2. The van der Waals surface area contributed by atoms with Gasteiger partial charge in [-0.1, -0.05) is 108 Å². The van der Waals surface area contributed by atoms with Crippen molar-refractivity contribution < 1.29 is 19.1 Å². The Morgan fingerprint density at radius 3 is 1.23 bits per heavy atom. The molecule has 2 bridgehead atoms. The number of rotatable bonds is 4. The van der Waals surface area contributed by atoms with Crippen molar-refractivity contribution in [1.29, 1.82) is 0 Å². The molecule has 4 nitrogen and oxygen atoms in total. The molecular formula is C33H20Cl2O4. The van der Waals surface area contributed by atoms with Gasteiger partial charge in [-0.2, -0.15) is 0 Å². The van der Waals surface area contributed by atoms with Crippen LogP contribution in [0.4, 0.5) is 0 Å². The largest absolute Gasteiger partial charge is 0.393 e. The Morgan fingerprint density at radius 2 is 0.872 bits per heavy atom. The van der Waals surface area contributed by atoms with Gasteiger partial charge in [-0.25, -0.2) is 0 Å². The van der Waals surface area contributed by atoms with E-state index in [4.69, 9.17) is 27.9 Å². The van der Waals surface area contributed by atoms with Gasteiger partial charge in [0.1, 0.15) is 0 Å². The van der Waals surface area contributed by atoms with Crippen LogP contribution in [0.1, 0.15) is 22.3 Å². The maximum absolute atomic E-state index is 15.4. The third kappa shape index (κ3) is 2.99. The number of carbonyl (C=O) groups excluding carboxylic acids is 3. The van der Waals surface area contributed by atoms with E-state index in [2.05, 4.69) is 0 Å². The van der Waals surface area contributed by atoms with Gasteiger partial charge in [-0.15, -0.1) is 0 Å². The Hall–Kier alpha value is -3.99. The number of hydrogen-bond donors (Lipinski definition) is 0. The minimum absolute atomic E-state index is 0.225. The van der Waals surface area contributed by atoms with Crippen molar-refractivity contribution in [1.82, 2.24) is 0 Å². The first-order valence-electron chi connectivity index (χ1n) is 12.6. The normalized spacial score (nSPS) is 27.2. The third-order valence-electron chi connectivity index (χ3n) is 8.45. The molecule has 39 heavy (non-hydrogen) atoms. The number of cyclic esters (lactones) is 2. The molecule has 2 fully saturated rings. The van der Waals surface area contributed by atoms with E-state index in [0.29, 0.717) is 32.3 Å². The summed E-state index contributed by atoms with van der Waals surface area (Å²) < 4.78 is 5.36. The molecule has 3 aliphatic rings. The van der Waals surface area contributed by atoms with Crippen molar-refractivity contribution in [2.24, 2.45) is 11.8 Å². The number of ether oxygens (including phenoxy) is 1. The lowest BCUT2D eigenvalue weighted by molar-refractivity contribution is -0.156. The maximum atomic E-state index is 15.4. The molecule has 0 aromatic heterocycles. The van der Waals surface area contributed by atoms with Gasteiger partial charge in [0, 0.05) is 10.0 Å². The Balaban J connectivity index is 1.72. The Morgan fingerprint density at radius 1 is 0.513 bits per heavy atom. The summed E-state index contributed by atoms with van der Waals surface area (Å²) in [6.07, 6.45) is 0. The number of ketones is 1. The maximum Gasteiger partial charge on any atom is 0.319 e. The zero-order chi connectivity index (χ0) is 26.9. The fourth-order valence-corrected chi connectivity index (χ4v) is 7.42.